The van der Waals surface area contributed by atoms with Crippen LogP contribution in [0.4, 0.5) is 0 Å². The Hall–Kier alpha value is -3.67. The summed E-state index contributed by atoms with van der Waals surface area (Å²) in [5, 5.41) is 0. The van der Waals surface area contributed by atoms with Gasteiger partial charge in [-0.15, -0.1) is 0 Å². The van der Waals surface area contributed by atoms with Crippen LogP contribution in [0.5, 0.6) is 0 Å². The number of hydrogen-bond acceptors (Lipinski definition) is 6. The predicted octanol–water partition coefficient (Wildman–Crippen LogP) is 15.8. The van der Waals surface area contributed by atoms with Gasteiger partial charge in [-0.2, -0.15) is 0 Å². The zero-order chi connectivity index (χ0) is 43.7. The van der Waals surface area contributed by atoms with E-state index in [0.717, 1.165) is 89.9 Å². The predicted molar refractivity (Wildman–Crippen MR) is 256 cm³/mol. The van der Waals surface area contributed by atoms with Crippen molar-refractivity contribution >= 4 is 17.9 Å². The molecule has 0 saturated carbocycles. The van der Waals surface area contributed by atoms with E-state index in [-0.39, 0.29) is 31.1 Å². The highest BCUT2D eigenvalue weighted by Crippen LogP contribution is 2.14. The number of ether oxygens (including phenoxy) is 3. The Bertz CT molecular complexity index is 1230. The molecule has 0 spiro atoms. The van der Waals surface area contributed by atoms with Crippen molar-refractivity contribution in [2.75, 3.05) is 13.2 Å². The summed E-state index contributed by atoms with van der Waals surface area (Å²) >= 11 is 0. The molecule has 0 N–H and O–H groups in total. The molecule has 0 rings (SSSR count). The molecular weight excluding hydrogens is 745 g/mol. The molecule has 6 heteroatoms. The smallest absolute Gasteiger partial charge is 0.306 e. The molecule has 0 aliphatic rings. The Balaban J connectivity index is 4.49. The molecule has 0 aliphatic heterocycles. The van der Waals surface area contributed by atoms with Gasteiger partial charge in [0.15, 0.2) is 6.10 Å². The lowest BCUT2D eigenvalue weighted by atomic mass is 10.1. The quantitative estimate of drug-likeness (QED) is 0.0200. The Morgan fingerprint density at radius 2 is 0.733 bits per heavy atom. The molecule has 0 radical (unpaired) electrons. The van der Waals surface area contributed by atoms with Crippen LogP contribution in [0.15, 0.2) is 97.2 Å². The average Bonchev–Trinajstić information content (AvgIpc) is 3.24. The molecule has 0 aromatic carbocycles. The van der Waals surface area contributed by atoms with Crippen LogP contribution in [-0.4, -0.2) is 37.2 Å². The van der Waals surface area contributed by atoms with E-state index < -0.39 is 6.10 Å². The molecule has 340 valence electrons. The number of unbranched alkanes of at least 4 members (excludes halogenated alkanes) is 20. The number of carbonyl (C=O) groups is 3. The lowest BCUT2D eigenvalue weighted by molar-refractivity contribution is -0.167. The number of carbonyl (C=O) groups excluding carboxylic acids is 3. The van der Waals surface area contributed by atoms with Crippen molar-refractivity contribution in [2.45, 2.75) is 213 Å². The zero-order valence-corrected chi connectivity index (χ0v) is 38.7. The van der Waals surface area contributed by atoms with Crippen LogP contribution >= 0.6 is 0 Å². The third kappa shape index (κ3) is 45.4. The highest BCUT2D eigenvalue weighted by atomic mass is 16.6. The summed E-state index contributed by atoms with van der Waals surface area (Å²) in [6.07, 6.45) is 62.4. The SMILES string of the molecule is CC\C=C/C=C\C=C/C=C\C=C\C=C/CCCCCC(=O)OCC(COC(=O)CCCCCCCCCCCCC)OC(=O)CCCCCCCCC/C=C\C/C=C\CC. The summed E-state index contributed by atoms with van der Waals surface area (Å²) in [7, 11) is 0. The van der Waals surface area contributed by atoms with Gasteiger partial charge in [-0.3, -0.25) is 14.4 Å². The summed E-state index contributed by atoms with van der Waals surface area (Å²) in [5.74, 6) is -0.955. The van der Waals surface area contributed by atoms with Crippen molar-refractivity contribution in [1.82, 2.24) is 0 Å². The summed E-state index contributed by atoms with van der Waals surface area (Å²) in [4.78, 5) is 37.9. The topological polar surface area (TPSA) is 78.9 Å². The molecule has 0 aromatic heterocycles. The van der Waals surface area contributed by atoms with E-state index in [1.807, 2.05) is 60.8 Å². The normalized spacial score (nSPS) is 12.9. The van der Waals surface area contributed by atoms with Gasteiger partial charge in [0.25, 0.3) is 0 Å². The van der Waals surface area contributed by atoms with Gasteiger partial charge >= 0.3 is 17.9 Å². The molecule has 60 heavy (non-hydrogen) atoms. The fourth-order valence-electron chi connectivity index (χ4n) is 6.39. The second-order valence-electron chi connectivity index (χ2n) is 15.8. The van der Waals surface area contributed by atoms with Crippen LogP contribution in [0.2, 0.25) is 0 Å². The Morgan fingerprint density at radius 1 is 0.367 bits per heavy atom. The lowest BCUT2D eigenvalue weighted by Crippen LogP contribution is -2.30. The van der Waals surface area contributed by atoms with E-state index >= 15 is 0 Å². The number of allylic oxidation sites excluding steroid dienone is 16. The van der Waals surface area contributed by atoms with Gasteiger partial charge in [0, 0.05) is 19.3 Å². The van der Waals surface area contributed by atoms with E-state index in [9.17, 15) is 14.4 Å². The van der Waals surface area contributed by atoms with E-state index in [0.29, 0.717) is 19.3 Å². The van der Waals surface area contributed by atoms with Crippen LogP contribution in [0.3, 0.4) is 0 Å². The van der Waals surface area contributed by atoms with Gasteiger partial charge in [0.2, 0.25) is 0 Å². The number of hydrogen-bond donors (Lipinski definition) is 0. The van der Waals surface area contributed by atoms with Crippen LogP contribution in [-0.2, 0) is 28.6 Å². The van der Waals surface area contributed by atoms with E-state index in [1.165, 1.54) is 77.0 Å². The van der Waals surface area contributed by atoms with Crippen molar-refractivity contribution in [2.24, 2.45) is 0 Å². The Kier molecular flexibility index (Phi) is 45.1. The molecule has 0 amide bonds. The molecule has 0 saturated heterocycles. The van der Waals surface area contributed by atoms with E-state index in [2.05, 4.69) is 57.2 Å². The van der Waals surface area contributed by atoms with Crippen LogP contribution in [0, 0.1) is 0 Å². The molecule has 6 nitrogen and oxygen atoms in total. The molecule has 0 bridgehead atoms. The largest absolute Gasteiger partial charge is 0.462 e. The molecule has 0 aromatic rings. The number of esters is 3. The summed E-state index contributed by atoms with van der Waals surface area (Å²) in [6, 6.07) is 0. The molecule has 0 aliphatic carbocycles. The van der Waals surface area contributed by atoms with Gasteiger partial charge in [-0.25, -0.2) is 0 Å². The highest BCUT2D eigenvalue weighted by molar-refractivity contribution is 5.71. The Morgan fingerprint density at radius 3 is 1.22 bits per heavy atom. The fraction of sp³-hybridized carbons (Fsp3) is 0.648. The summed E-state index contributed by atoms with van der Waals surface area (Å²) in [5.41, 5.74) is 0. The standard InChI is InChI=1S/C54H88O6/c1-4-7-10-13-16-19-22-24-26-27-28-30-32-35-38-41-44-47-53(56)59-50-51(49-58-52(55)46-43-40-37-34-31-21-18-15-12-9-6-3)60-54(57)48-45-42-39-36-33-29-25-23-20-17-14-11-8-5-2/h7-8,10-11,13,16-17,19-20,22,24,26-28,30,32,51H,4-6,9,12,14-15,18,21,23,25,29,31,33-50H2,1-3H3/b10-7-,11-8-,16-13-,20-17-,22-19-,26-24-,28-27+,32-30-. The van der Waals surface area contributed by atoms with Crippen LogP contribution < -0.4 is 0 Å². The van der Waals surface area contributed by atoms with Crippen LogP contribution in [0.1, 0.15) is 207 Å². The van der Waals surface area contributed by atoms with E-state index in [4.69, 9.17) is 14.2 Å². The lowest BCUT2D eigenvalue weighted by Gasteiger charge is -2.18. The monoisotopic (exact) mass is 833 g/mol. The molecule has 1 atom stereocenters. The van der Waals surface area contributed by atoms with Crippen molar-refractivity contribution in [3.8, 4) is 0 Å². The third-order valence-corrected chi connectivity index (χ3v) is 10.00. The van der Waals surface area contributed by atoms with E-state index in [1.54, 1.807) is 0 Å². The maximum atomic E-state index is 12.8. The summed E-state index contributed by atoms with van der Waals surface area (Å²) in [6.45, 7) is 6.32. The highest BCUT2D eigenvalue weighted by Gasteiger charge is 2.19. The molecular formula is C54H88O6. The van der Waals surface area contributed by atoms with Crippen molar-refractivity contribution < 1.29 is 28.6 Å². The zero-order valence-electron chi connectivity index (χ0n) is 38.7. The first-order chi connectivity index (χ1) is 29.5. The maximum Gasteiger partial charge on any atom is 0.306 e. The average molecular weight is 833 g/mol. The third-order valence-electron chi connectivity index (χ3n) is 10.00. The molecule has 0 heterocycles. The van der Waals surface area contributed by atoms with Gasteiger partial charge in [0.05, 0.1) is 0 Å². The molecule has 1 unspecified atom stereocenters. The van der Waals surface area contributed by atoms with Crippen molar-refractivity contribution in [1.29, 1.82) is 0 Å². The van der Waals surface area contributed by atoms with Crippen LogP contribution in [0.25, 0.3) is 0 Å². The minimum absolute atomic E-state index is 0.0952. The first kappa shape index (κ1) is 56.3. The van der Waals surface area contributed by atoms with Crippen molar-refractivity contribution in [3.63, 3.8) is 0 Å². The van der Waals surface area contributed by atoms with Crippen molar-refractivity contribution in [3.05, 3.63) is 97.2 Å². The van der Waals surface area contributed by atoms with Gasteiger partial charge < -0.3 is 14.2 Å². The van der Waals surface area contributed by atoms with Gasteiger partial charge in [-0.1, -0.05) is 221 Å². The maximum absolute atomic E-state index is 12.8. The first-order valence-electron chi connectivity index (χ1n) is 24.3. The minimum atomic E-state index is -0.798. The summed E-state index contributed by atoms with van der Waals surface area (Å²) < 4.78 is 16.7. The fourth-order valence-corrected chi connectivity index (χ4v) is 6.39. The minimum Gasteiger partial charge on any atom is -0.462 e. The molecule has 0 fully saturated rings. The number of rotatable bonds is 42. The second kappa shape index (κ2) is 48.0. The second-order valence-corrected chi connectivity index (χ2v) is 15.8. The Labute approximate surface area is 368 Å². The van der Waals surface area contributed by atoms with Gasteiger partial charge in [-0.05, 0) is 64.2 Å². The first-order valence-corrected chi connectivity index (χ1v) is 24.3. The van der Waals surface area contributed by atoms with Gasteiger partial charge in [0.1, 0.15) is 13.2 Å².